The molecule has 3 rings (SSSR count). The number of aryl methyl sites for hydroxylation is 1. The molecule has 1 aliphatic carbocycles. The van der Waals surface area contributed by atoms with Gasteiger partial charge in [-0.25, -0.2) is 0 Å². The van der Waals surface area contributed by atoms with Gasteiger partial charge in [0.15, 0.2) is 0 Å². The second-order valence-corrected chi connectivity index (χ2v) is 7.00. The van der Waals surface area contributed by atoms with Crippen molar-refractivity contribution in [2.45, 2.75) is 24.3 Å². The highest BCUT2D eigenvalue weighted by Crippen LogP contribution is 2.49. The molecule has 1 amide bonds. The van der Waals surface area contributed by atoms with Crippen LogP contribution in [0.25, 0.3) is 0 Å². The molecule has 1 atom stereocenters. The summed E-state index contributed by atoms with van der Waals surface area (Å²) in [7, 11) is 3.64. The number of hydrogen-bond donors (Lipinski definition) is 2. The zero-order valence-electron chi connectivity index (χ0n) is 13.8. The lowest BCUT2D eigenvalue weighted by molar-refractivity contribution is -0.123. The van der Waals surface area contributed by atoms with Gasteiger partial charge in [0.2, 0.25) is 5.91 Å². The van der Waals surface area contributed by atoms with Crippen LogP contribution in [0.15, 0.2) is 41.1 Å². The molecule has 1 aromatic carbocycles. The quantitative estimate of drug-likeness (QED) is 0.765. The first-order valence-electron chi connectivity index (χ1n) is 7.74. The molecule has 0 bridgehead atoms. The van der Waals surface area contributed by atoms with Crippen molar-refractivity contribution in [2.24, 2.45) is 7.05 Å². The van der Waals surface area contributed by atoms with Gasteiger partial charge >= 0.3 is 0 Å². The smallest absolute Gasteiger partial charge is 0.241 e. The summed E-state index contributed by atoms with van der Waals surface area (Å²) in [6.45, 7) is 0.660. The van der Waals surface area contributed by atoms with E-state index in [1.807, 2.05) is 25.4 Å². The van der Waals surface area contributed by atoms with Crippen LogP contribution in [0.3, 0.4) is 0 Å². The average molecular weight is 414 g/mol. The maximum Gasteiger partial charge on any atom is 0.241 e. The van der Waals surface area contributed by atoms with Crippen LogP contribution in [0.5, 0.6) is 0 Å². The third-order valence-corrected chi connectivity index (χ3v) is 5.20. The molecule has 130 valence electrons. The van der Waals surface area contributed by atoms with Crippen molar-refractivity contribution in [3.8, 4) is 0 Å². The van der Waals surface area contributed by atoms with E-state index >= 15 is 0 Å². The first-order chi connectivity index (χ1) is 11.1. The summed E-state index contributed by atoms with van der Waals surface area (Å²) in [6.07, 6.45) is 5.79. The van der Waals surface area contributed by atoms with E-state index in [0.29, 0.717) is 6.54 Å². The van der Waals surface area contributed by atoms with Gasteiger partial charge in [-0.3, -0.25) is 9.48 Å². The summed E-state index contributed by atoms with van der Waals surface area (Å²) in [5.41, 5.74) is 2.23. The second kappa shape index (κ2) is 7.68. The number of rotatable bonds is 6. The van der Waals surface area contributed by atoms with Crippen molar-refractivity contribution in [1.29, 1.82) is 0 Å². The lowest BCUT2D eigenvalue weighted by atomic mass is 9.96. The van der Waals surface area contributed by atoms with E-state index in [9.17, 15) is 4.79 Å². The van der Waals surface area contributed by atoms with Crippen LogP contribution >= 0.6 is 28.3 Å². The summed E-state index contributed by atoms with van der Waals surface area (Å²) in [6, 6.07) is 7.89. The van der Waals surface area contributed by atoms with Crippen molar-refractivity contribution in [3.05, 3.63) is 52.3 Å². The molecular weight excluding hydrogens is 392 g/mol. The molecule has 0 radical (unpaired) electrons. The Kier molecular flexibility index (Phi) is 6.06. The first kappa shape index (κ1) is 19.0. The lowest BCUT2D eigenvalue weighted by Gasteiger charge is -2.20. The zero-order valence-corrected chi connectivity index (χ0v) is 16.2. The predicted molar refractivity (Wildman–Crippen MR) is 100 cm³/mol. The molecule has 5 nitrogen and oxygen atoms in total. The van der Waals surface area contributed by atoms with Crippen LogP contribution < -0.4 is 10.6 Å². The SMILES string of the molecule is CNC(C(=O)NCC1(c2ccccc2Br)CC1)c1cnn(C)c1.Cl. The van der Waals surface area contributed by atoms with Gasteiger partial charge in [-0.1, -0.05) is 34.1 Å². The van der Waals surface area contributed by atoms with Crippen molar-refractivity contribution < 1.29 is 4.79 Å². The zero-order chi connectivity index (χ0) is 16.4. The van der Waals surface area contributed by atoms with E-state index in [0.717, 1.165) is 22.9 Å². The first-order valence-corrected chi connectivity index (χ1v) is 8.53. The number of amides is 1. The summed E-state index contributed by atoms with van der Waals surface area (Å²) in [4.78, 5) is 12.6. The molecular formula is C17H22BrClN4O. The number of carbonyl (C=O) groups is 1. The number of nitrogens with one attached hydrogen (secondary N) is 2. The van der Waals surface area contributed by atoms with Crippen LogP contribution in [-0.4, -0.2) is 29.3 Å². The highest BCUT2D eigenvalue weighted by atomic mass is 79.9. The van der Waals surface area contributed by atoms with Gasteiger partial charge < -0.3 is 10.6 Å². The van der Waals surface area contributed by atoms with E-state index in [2.05, 4.69) is 43.8 Å². The minimum absolute atomic E-state index is 0. The summed E-state index contributed by atoms with van der Waals surface area (Å²) < 4.78 is 2.82. The summed E-state index contributed by atoms with van der Waals surface area (Å²) >= 11 is 3.63. The fourth-order valence-electron chi connectivity index (χ4n) is 2.98. The largest absolute Gasteiger partial charge is 0.354 e. The van der Waals surface area contributed by atoms with Gasteiger partial charge in [-0.05, 0) is 31.5 Å². The van der Waals surface area contributed by atoms with Crippen LogP contribution in [0.2, 0.25) is 0 Å². The van der Waals surface area contributed by atoms with Crippen LogP contribution in [-0.2, 0) is 17.3 Å². The Labute approximate surface area is 156 Å². The van der Waals surface area contributed by atoms with Gasteiger partial charge in [0, 0.05) is 35.2 Å². The molecule has 1 saturated carbocycles. The number of benzene rings is 1. The number of hydrogen-bond acceptors (Lipinski definition) is 3. The van der Waals surface area contributed by atoms with Crippen molar-refractivity contribution >= 4 is 34.2 Å². The number of halogens is 2. The average Bonchev–Trinajstić information content (AvgIpc) is 3.21. The van der Waals surface area contributed by atoms with Gasteiger partial charge in [0.1, 0.15) is 6.04 Å². The van der Waals surface area contributed by atoms with Gasteiger partial charge in [-0.15, -0.1) is 12.4 Å². The van der Waals surface area contributed by atoms with E-state index in [1.54, 1.807) is 17.9 Å². The van der Waals surface area contributed by atoms with Crippen LogP contribution in [0, 0.1) is 0 Å². The highest BCUT2D eigenvalue weighted by molar-refractivity contribution is 9.10. The normalized spacial score (nSPS) is 16.1. The fourth-order valence-corrected chi connectivity index (χ4v) is 3.69. The van der Waals surface area contributed by atoms with E-state index in [4.69, 9.17) is 0 Å². The molecule has 0 aliphatic heterocycles. The van der Waals surface area contributed by atoms with E-state index in [-0.39, 0.29) is 29.8 Å². The summed E-state index contributed by atoms with van der Waals surface area (Å²) in [5.74, 6) is -0.0150. The van der Waals surface area contributed by atoms with E-state index < -0.39 is 0 Å². The van der Waals surface area contributed by atoms with Gasteiger partial charge in [0.05, 0.1) is 6.20 Å². The Morgan fingerprint density at radius 1 is 1.42 bits per heavy atom. The Morgan fingerprint density at radius 2 is 2.12 bits per heavy atom. The summed E-state index contributed by atoms with van der Waals surface area (Å²) in [5, 5.41) is 10.3. The number of aromatic nitrogens is 2. The molecule has 2 aromatic rings. The molecule has 1 heterocycles. The Balaban J connectivity index is 0.00000208. The Morgan fingerprint density at radius 3 is 2.67 bits per heavy atom. The fraction of sp³-hybridized carbons (Fsp3) is 0.412. The maximum atomic E-state index is 12.6. The van der Waals surface area contributed by atoms with E-state index in [1.165, 1.54) is 5.56 Å². The van der Waals surface area contributed by atoms with Crippen LogP contribution in [0.1, 0.15) is 30.0 Å². The molecule has 1 fully saturated rings. The Bertz CT molecular complexity index is 714. The van der Waals surface area contributed by atoms with Crippen LogP contribution in [0.4, 0.5) is 0 Å². The predicted octanol–water partition coefficient (Wildman–Crippen LogP) is 2.71. The molecule has 1 aliphatic rings. The molecule has 24 heavy (non-hydrogen) atoms. The molecule has 2 N–H and O–H groups in total. The second-order valence-electron chi connectivity index (χ2n) is 6.15. The minimum atomic E-state index is -0.376. The molecule has 1 aromatic heterocycles. The maximum absolute atomic E-state index is 12.6. The standard InChI is InChI=1S/C17H21BrN4O.ClH/c1-19-15(12-9-21-22(2)10-12)16(23)20-11-17(7-8-17)13-5-3-4-6-14(13)18;/h3-6,9-10,15,19H,7-8,11H2,1-2H3,(H,20,23);1H. The highest BCUT2D eigenvalue weighted by Gasteiger charge is 2.45. The lowest BCUT2D eigenvalue weighted by Crippen LogP contribution is -2.39. The van der Waals surface area contributed by atoms with Gasteiger partial charge in [-0.2, -0.15) is 5.10 Å². The molecule has 0 saturated heterocycles. The number of nitrogens with zero attached hydrogens (tertiary/aromatic N) is 2. The third-order valence-electron chi connectivity index (χ3n) is 4.51. The number of likely N-dealkylation sites (N-methyl/N-ethyl adjacent to an activating group) is 1. The van der Waals surface area contributed by atoms with Crippen molar-refractivity contribution in [3.63, 3.8) is 0 Å². The Hall–Kier alpha value is -1.37. The molecule has 7 heteroatoms. The third kappa shape index (κ3) is 3.82. The molecule has 1 unspecified atom stereocenters. The monoisotopic (exact) mass is 412 g/mol. The van der Waals surface area contributed by atoms with Crippen molar-refractivity contribution in [2.75, 3.05) is 13.6 Å². The topological polar surface area (TPSA) is 59.0 Å². The van der Waals surface area contributed by atoms with Crippen molar-refractivity contribution in [1.82, 2.24) is 20.4 Å². The van der Waals surface area contributed by atoms with Gasteiger partial charge in [0.25, 0.3) is 0 Å². The number of carbonyl (C=O) groups excluding carboxylic acids is 1. The molecule has 0 spiro atoms. The minimum Gasteiger partial charge on any atom is -0.354 e.